The summed E-state index contributed by atoms with van der Waals surface area (Å²) >= 11 is 5.20. The summed E-state index contributed by atoms with van der Waals surface area (Å²) < 4.78 is 1.03. The van der Waals surface area contributed by atoms with Gasteiger partial charge < -0.3 is 10.2 Å². The second-order valence-corrected chi connectivity index (χ2v) is 6.73. The van der Waals surface area contributed by atoms with Gasteiger partial charge in [0.25, 0.3) is 0 Å². The molecule has 1 aliphatic rings. The van der Waals surface area contributed by atoms with E-state index in [-0.39, 0.29) is 0 Å². The largest absolute Gasteiger partial charge is 0.354 e. The van der Waals surface area contributed by atoms with Gasteiger partial charge in [-0.15, -0.1) is 11.3 Å². The lowest BCUT2D eigenvalue weighted by Crippen LogP contribution is -2.31. The summed E-state index contributed by atoms with van der Waals surface area (Å²) in [6.45, 7) is 4.90. The summed E-state index contributed by atoms with van der Waals surface area (Å²) in [6.07, 6.45) is 3.71. The Hall–Kier alpha value is -1.21. The fourth-order valence-electron chi connectivity index (χ4n) is 2.39. The van der Waals surface area contributed by atoms with E-state index in [4.69, 9.17) is 0 Å². The molecular weight excluding hydrogens is 350 g/mol. The van der Waals surface area contributed by atoms with Crippen molar-refractivity contribution in [1.29, 1.82) is 0 Å². The van der Waals surface area contributed by atoms with Gasteiger partial charge in [0.1, 0.15) is 0 Å². The van der Waals surface area contributed by atoms with Gasteiger partial charge in [-0.05, 0) is 53.6 Å². The van der Waals surface area contributed by atoms with Crippen molar-refractivity contribution in [1.82, 2.24) is 15.0 Å². The van der Waals surface area contributed by atoms with Crippen LogP contribution in [0.3, 0.4) is 0 Å². The van der Waals surface area contributed by atoms with Gasteiger partial charge in [-0.1, -0.05) is 0 Å². The highest BCUT2D eigenvalue weighted by molar-refractivity contribution is 9.10. The number of nitrogens with one attached hydrogen (secondary N) is 1. The van der Waals surface area contributed by atoms with Crippen LogP contribution in [0, 0.1) is 0 Å². The first-order valence-electron chi connectivity index (χ1n) is 7.26. The second kappa shape index (κ2) is 6.70. The van der Waals surface area contributed by atoms with Crippen molar-refractivity contribution >= 4 is 39.2 Å². The summed E-state index contributed by atoms with van der Waals surface area (Å²) in [5.74, 6) is 2.18. The van der Waals surface area contributed by atoms with Crippen LogP contribution in [-0.4, -0.2) is 34.6 Å². The van der Waals surface area contributed by atoms with Crippen molar-refractivity contribution in [2.24, 2.45) is 0 Å². The monoisotopic (exact) mass is 367 g/mol. The molecule has 0 saturated carbocycles. The molecule has 1 aliphatic heterocycles. The maximum Gasteiger partial charge on any atom is 0.230 e. The van der Waals surface area contributed by atoms with Crippen LogP contribution in [0.25, 0.3) is 10.7 Å². The maximum absolute atomic E-state index is 4.69. The highest BCUT2D eigenvalue weighted by Crippen LogP contribution is 2.32. The minimum absolute atomic E-state index is 0.656. The fourth-order valence-corrected chi connectivity index (χ4v) is 3.87. The summed E-state index contributed by atoms with van der Waals surface area (Å²) in [5.41, 5.74) is 0. The molecule has 0 unspecified atom stereocenters. The van der Waals surface area contributed by atoms with Gasteiger partial charge in [0.2, 0.25) is 11.9 Å². The average Bonchev–Trinajstić information content (AvgIpc) is 2.94. The minimum Gasteiger partial charge on any atom is -0.354 e. The van der Waals surface area contributed by atoms with E-state index >= 15 is 0 Å². The summed E-state index contributed by atoms with van der Waals surface area (Å²) in [5, 5.41) is 5.25. The number of aromatic nitrogens is 3. The molecule has 0 amide bonds. The van der Waals surface area contributed by atoms with Gasteiger partial charge in [0, 0.05) is 24.1 Å². The van der Waals surface area contributed by atoms with E-state index in [0.717, 1.165) is 40.8 Å². The van der Waals surface area contributed by atoms with E-state index in [2.05, 4.69) is 41.1 Å². The number of piperidine rings is 1. The standard InChI is InChI=1S/C14H18BrN5S/c1-2-16-13-17-12(11-10(15)6-9-21-11)18-14(19-13)20-7-4-3-5-8-20/h6,9H,2-5,7-8H2,1H3,(H,16,17,18,19). The van der Waals surface area contributed by atoms with E-state index in [0.29, 0.717) is 5.95 Å². The zero-order valence-electron chi connectivity index (χ0n) is 12.0. The first-order chi connectivity index (χ1) is 10.3. The average molecular weight is 368 g/mol. The van der Waals surface area contributed by atoms with Gasteiger partial charge in [-0.25, -0.2) is 0 Å². The molecule has 0 radical (unpaired) electrons. The summed E-state index contributed by atoms with van der Waals surface area (Å²) in [7, 11) is 0. The molecule has 21 heavy (non-hydrogen) atoms. The van der Waals surface area contributed by atoms with Crippen molar-refractivity contribution in [3.63, 3.8) is 0 Å². The molecule has 5 nitrogen and oxygen atoms in total. The number of nitrogens with zero attached hydrogens (tertiary/aromatic N) is 4. The quantitative estimate of drug-likeness (QED) is 0.890. The molecule has 7 heteroatoms. The number of rotatable bonds is 4. The minimum atomic E-state index is 0.656. The lowest BCUT2D eigenvalue weighted by atomic mass is 10.1. The lowest BCUT2D eigenvalue weighted by Gasteiger charge is -2.26. The topological polar surface area (TPSA) is 53.9 Å². The molecule has 0 spiro atoms. The molecule has 3 heterocycles. The molecular formula is C14H18BrN5S. The number of hydrogen-bond donors (Lipinski definition) is 1. The molecule has 0 aromatic carbocycles. The van der Waals surface area contributed by atoms with Gasteiger partial charge >= 0.3 is 0 Å². The van der Waals surface area contributed by atoms with Crippen molar-refractivity contribution in [3.05, 3.63) is 15.9 Å². The third-order valence-corrected chi connectivity index (χ3v) is 5.25. The Morgan fingerprint density at radius 1 is 1.24 bits per heavy atom. The van der Waals surface area contributed by atoms with E-state index in [9.17, 15) is 0 Å². The second-order valence-electron chi connectivity index (χ2n) is 4.96. The van der Waals surface area contributed by atoms with Crippen molar-refractivity contribution < 1.29 is 0 Å². The summed E-state index contributed by atoms with van der Waals surface area (Å²) in [6, 6.07) is 2.03. The van der Waals surface area contributed by atoms with Crippen LogP contribution in [-0.2, 0) is 0 Å². The molecule has 112 valence electrons. The molecule has 0 atom stereocenters. The highest BCUT2D eigenvalue weighted by Gasteiger charge is 2.18. The molecule has 0 bridgehead atoms. The highest BCUT2D eigenvalue weighted by atomic mass is 79.9. The van der Waals surface area contributed by atoms with Gasteiger partial charge in [0.15, 0.2) is 5.82 Å². The van der Waals surface area contributed by atoms with Crippen molar-refractivity contribution in [2.45, 2.75) is 26.2 Å². The third-order valence-electron chi connectivity index (χ3n) is 3.42. The van der Waals surface area contributed by atoms with Crippen LogP contribution in [0.4, 0.5) is 11.9 Å². The van der Waals surface area contributed by atoms with Crippen molar-refractivity contribution in [3.8, 4) is 10.7 Å². The molecule has 2 aromatic heterocycles. The molecule has 3 rings (SSSR count). The molecule has 0 aliphatic carbocycles. The number of halogens is 1. The summed E-state index contributed by atoms with van der Waals surface area (Å²) in [4.78, 5) is 17.1. The predicted molar refractivity (Wildman–Crippen MR) is 91.1 cm³/mol. The first-order valence-corrected chi connectivity index (χ1v) is 8.93. The van der Waals surface area contributed by atoms with Crippen molar-refractivity contribution in [2.75, 3.05) is 29.9 Å². The Bertz CT molecular complexity index is 609. The van der Waals surface area contributed by atoms with Gasteiger partial charge in [-0.3, -0.25) is 0 Å². The number of hydrogen-bond acceptors (Lipinski definition) is 6. The Morgan fingerprint density at radius 3 is 2.71 bits per heavy atom. The van der Waals surface area contributed by atoms with Gasteiger partial charge in [-0.2, -0.15) is 15.0 Å². The normalized spacial score (nSPS) is 15.2. The Morgan fingerprint density at radius 2 is 2.05 bits per heavy atom. The maximum atomic E-state index is 4.69. The zero-order valence-corrected chi connectivity index (χ0v) is 14.4. The van der Waals surface area contributed by atoms with Crippen LogP contribution in [0.2, 0.25) is 0 Å². The van der Waals surface area contributed by atoms with Gasteiger partial charge in [0.05, 0.1) is 4.88 Å². The third kappa shape index (κ3) is 3.35. The lowest BCUT2D eigenvalue weighted by molar-refractivity contribution is 0.568. The molecule has 1 saturated heterocycles. The first kappa shape index (κ1) is 14.7. The van der Waals surface area contributed by atoms with E-state index in [1.54, 1.807) is 11.3 Å². The van der Waals surface area contributed by atoms with Crippen LogP contribution in [0.15, 0.2) is 15.9 Å². The van der Waals surface area contributed by atoms with Crippen LogP contribution < -0.4 is 10.2 Å². The van der Waals surface area contributed by atoms with E-state index < -0.39 is 0 Å². The molecule has 1 fully saturated rings. The van der Waals surface area contributed by atoms with E-state index in [1.165, 1.54) is 19.3 Å². The fraction of sp³-hybridized carbons (Fsp3) is 0.500. The zero-order chi connectivity index (χ0) is 14.7. The molecule has 1 N–H and O–H groups in total. The number of thiophene rings is 1. The van der Waals surface area contributed by atoms with E-state index in [1.807, 2.05) is 18.4 Å². The Kier molecular flexibility index (Phi) is 4.70. The molecule has 2 aromatic rings. The van der Waals surface area contributed by atoms with Crippen LogP contribution in [0.1, 0.15) is 26.2 Å². The Labute approximate surface area is 137 Å². The number of anilines is 2. The van der Waals surface area contributed by atoms with Crippen LogP contribution >= 0.6 is 27.3 Å². The SMILES string of the molecule is CCNc1nc(-c2sccc2Br)nc(N2CCCCC2)n1. The Balaban J connectivity index is 1.99. The predicted octanol–water partition coefficient (Wildman–Crippen LogP) is 3.78. The van der Waals surface area contributed by atoms with Crippen LogP contribution in [0.5, 0.6) is 0 Å². The smallest absolute Gasteiger partial charge is 0.230 e.